The maximum atomic E-state index is 12.0. The number of phenolic OH excluding ortho intramolecular Hbond substituents is 1. The van der Waals surface area contributed by atoms with Crippen LogP contribution in [-0.2, 0) is 7.05 Å². The number of nitro benzene ring substituents is 1. The maximum absolute atomic E-state index is 12.0. The molecule has 0 atom stereocenters. The highest BCUT2D eigenvalue weighted by atomic mass is 16.6. The van der Waals surface area contributed by atoms with Crippen LogP contribution in [-0.4, -0.2) is 25.7 Å². The zero-order chi connectivity index (χ0) is 14.9. The second-order valence-corrected chi connectivity index (χ2v) is 4.19. The third kappa shape index (κ3) is 2.44. The summed E-state index contributed by atoms with van der Waals surface area (Å²) in [4.78, 5) is 22.0. The minimum Gasteiger partial charge on any atom is -0.502 e. The van der Waals surface area contributed by atoms with Gasteiger partial charge in [-0.3, -0.25) is 19.6 Å². The number of rotatable bonds is 3. The lowest BCUT2D eigenvalue weighted by atomic mass is 10.1. The first-order valence-corrected chi connectivity index (χ1v) is 5.68. The highest BCUT2D eigenvalue weighted by Gasteiger charge is 2.21. The first kappa shape index (κ1) is 13.5. The van der Waals surface area contributed by atoms with Crippen LogP contribution >= 0.6 is 0 Å². The number of benzene rings is 1. The van der Waals surface area contributed by atoms with Gasteiger partial charge in [0.2, 0.25) is 5.75 Å². The molecule has 20 heavy (non-hydrogen) atoms. The summed E-state index contributed by atoms with van der Waals surface area (Å²) in [5, 5.41) is 27.1. The molecule has 0 bridgehead atoms. The van der Waals surface area contributed by atoms with E-state index in [1.165, 1.54) is 16.8 Å². The monoisotopic (exact) mass is 276 g/mol. The van der Waals surface area contributed by atoms with Gasteiger partial charge in [0, 0.05) is 19.3 Å². The molecule has 1 amide bonds. The van der Waals surface area contributed by atoms with Gasteiger partial charge in [0.25, 0.3) is 5.91 Å². The molecule has 0 radical (unpaired) electrons. The number of aryl methyl sites for hydroxylation is 2. The van der Waals surface area contributed by atoms with Crippen molar-refractivity contribution in [1.82, 2.24) is 9.78 Å². The van der Waals surface area contributed by atoms with Gasteiger partial charge in [-0.15, -0.1) is 0 Å². The Kier molecular flexibility index (Phi) is 3.38. The van der Waals surface area contributed by atoms with Crippen molar-refractivity contribution in [2.24, 2.45) is 7.05 Å². The molecule has 1 aromatic carbocycles. The fourth-order valence-corrected chi connectivity index (χ4v) is 1.77. The van der Waals surface area contributed by atoms with E-state index in [9.17, 15) is 20.0 Å². The van der Waals surface area contributed by atoms with Crippen LogP contribution in [0.1, 0.15) is 16.1 Å². The van der Waals surface area contributed by atoms with E-state index in [2.05, 4.69) is 10.4 Å². The molecule has 2 N–H and O–H groups in total. The van der Waals surface area contributed by atoms with E-state index in [1.807, 2.05) is 0 Å². The molecule has 8 nitrogen and oxygen atoms in total. The molecule has 104 valence electrons. The molecule has 0 fully saturated rings. The van der Waals surface area contributed by atoms with E-state index < -0.39 is 22.3 Å². The van der Waals surface area contributed by atoms with Gasteiger partial charge in [-0.05, 0) is 13.0 Å². The van der Waals surface area contributed by atoms with Gasteiger partial charge in [0.1, 0.15) is 0 Å². The summed E-state index contributed by atoms with van der Waals surface area (Å²) in [6.07, 6.45) is 1.60. The molecule has 0 saturated heterocycles. The van der Waals surface area contributed by atoms with Gasteiger partial charge in [-0.25, -0.2) is 0 Å². The van der Waals surface area contributed by atoms with Gasteiger partial charge in [-0.1, -0.05) is 6.07 Å². The molecule has 1 aromatic heterocycles. The van der Waals surface area contributed by atoms with E-state index in [1.54, 1.807) is 20.2 Å². The summed E-state index contributed by atoms with van der Waals surface area (Å²) in [6, 6.07) is 3.77. The van der Waals surface area contributed by atoms with Gasteiger partial charge in [0.05, 0.1) is 21.9 Å². The highest BCUT2D eigenvalue weighted by molar-refractivity contribution is 6.07. The minimum absolute atomic E-state index is 0.164. The summed E-state index contributed by atoms with van der Waals surface area (Å²) in [6.45, 7) is 1.71. The summed E-state index contributed by atoms with van der Waals surface area (Å²) in [5.74, 6) is -1.29. The van der Waals surface area contributed by atoms with Gasteiger partial charge in [-0.2, -0.15) is 5.10 Å². The highest BCUT2D eigenvalue weighted by Crippen LogP contribution is 2.29. The Morgan fingerprint density at radius 2 is 2.20 bits per heavy atom. The maximum Gasteiger partial charge on any atom is 0.311 e. The van der Waals surface area contributed by atoms with Crippen molar-refractivity contribution in [2.75, 3.05) is 5.32 Å². The third-order valence-corrected chi connectivity index (χ3v) is 2.72. The second kappa shape index (κ2) is 5.00. The van der Waals surface area contributed by atoms with Crippen molar-refractivity contribution in [3.63, 3.8) is 0 Å². The van der Waals surface area contributed by atoms with Crippen LogP contribution in [0.3, 0.4) is 0 Å². The molecule has 8 heteroatoms. The number of anilines is 1. The lowest BCUT2D eigenvalue weighted by Crippen LogP contribution is -2.12. The quantitative estimate of drug-likeness (QED) is 0.653. The number of nitrogens with one attached hydrogen (secondary N) is 1. The zero-order valence-electron chi connectivity index (χ0n) is 10.8. The molecular formula is C12H12N4O4. The van der Waals surface area contributed by atoms with Crippen molar-refractivity contribution in [3.8, 4) is 5.75 Å². The summed E-state index contributed by atoms with van der Waals surface area (Å²) in [7, 11) is 1.70. The molecule has 0 spiro atoms. The van der Waals surface area contributed by atoms with Crippen LogP contribution < -0.4 is 5.32 Å². The van der Waals surface area contributed by atoms with E-state index in [0.717, 1.165) is 6.07 Å². The van der Waals surface area contributed by atoms with Gasteiger partial charge >= 0.3 is 5.69 Å². The predicted octanol–water partition coefficient (Wildman–Crippen LogP) is 1.59. The van der Waals surface area contributed by atoms with Crippen LogP contribution in [0.2, 0.25) is 0 Å². The molecular weight excluding hydrogens is 264 g/mol. The molecule has 2 rings (SSSR count). The minimum atomic E-state index is -0.749. The van der Waals surface area contributed by atoms with Crippen molar-refractivity contribution < 1.29 is 14.8 Å². The van der Waals surface area contributed by atoms with Crippen LogP contribution in [0.5, 0.6) is 5.75 Å². The smallest absolute Gasteiger partial charge is 0.311 e. The number of nitrogens with zero attached hydrogens (tertiary/aromatic N) is 3. The number of carbonyl (C=O) groups excluding carboxylic acids is 1. The number of phenols is 1. The average Bonchev–Trinajstić information content (AvgIpc) is 2.67. The predicted molar refractivity (Wildman–Crippen MR) is 70.7 cm³/mol. The van der Waals surface area contributed by atoms with E-state index in [4.69, 9.17) is 0 Å². The van der Waals surface area contributed by atoms with Crippen LogP contribution in [0.15, 0.2) is 24.4 Å². The number of aromatic nitrogens is 2. The lowest BCUT2D eigenvalue weighted by molar-refractivity contribution is -0.385. The first-order chi connectivity index (χ1) is 9.40. The Labute approximate surface area is 113 Å². The van der Waals surface area contributed by atoms with Crippen molar-refractivity contribution in [2.45, 2.75) is 6.92 Å². The number of amides is 1. The van der Waals surface area contributed by atoms with Gasteiger partial charge < -0.3 is 10.4 Å². The number of hydrogen-bond donors (Lipinski definition) is 2. The molecule has 0 aliphatic heterocycles. The van der Waals surface area contributed by atoms with Crippen molar-refractivity contribution in [1.29, 1.82) is 0 Å². The number of carbonyl (C=O) groups is 1. The molecule has 0 saturated carbocycles. The Hall–Kier alpha value is -2.90. The molecule has 0 aliphatic carbocycles. The lowest BCUT2D eigenvalue weighted by Gasteiger charge is -2.05. The van der Waals surface area contributed by atoms with Gasteiger partial charge in [0.15, 0.2) is 0 Å². The topological polar surface area (TPSA) is 110 Å². The van der Waals surface area contributed by atoms with Crippen LogP contribution in [0.25, 0.3) is 0 Å². The largest absolute Gasteiger partial charge is 0.502 e. The first-order valence-electron chi connectivity index (χ1n) is 5.68. The molecule has 1 heterocycles. The summed E-state index contributed by atoms with van der Waals surface area (Å²) >= 11 is 0. The van der Waals surface area contributed by atoms with Crippen molar-refractivity contribution in [3.05, 3.63) is 45.8 Å². The van der Waals surface area contributed by atoms with E-state index >= 15 is 0 Å². The molecule has 2 aromatic rings. The number of nitro groups is 1. The molecule has 0 aliphatic rings. The van der Waals surface area contributed by atoms with Crippen LogP contribution in [0.4, 0.5) is 11.4 Å². The summed E-state index contributed by atoms with van der Waals surface area (Å²) < 4.78 is 1.53. The number of hydrogen-bond acceptors (Lipinski definition) is 5. The third-order valence-electron chi connectivity index (χ3n) is 2.72. The second-order valence-electron chi connectivity index (χ2n) is 4.19. The summed E-state index contributed by atoms with van der Waals surface area (Å²) in [5.41, 5.74) is 0.400. The fourth-order valence-electron chi connectivity index (χ4n) is 1.77. The normalized spacial score (nSPS) is 10.3. The standard InChI is InChI=1S/C12H12N4O4/c1-7-9(6-15(2)14-7)13-12(18)8-4-3-5-10(11(8)17)16(19)20/h3-6,17H,1-2H3,(H,13,18). The Morgan fingerprint density at radius 3 is 2.75 bits per heavy atom. The average molecular weight is 276 g/mol. The Balaban J connectivity index is 2.32. The SMILES string of the molecule is Cc1nn(C)cc1NC(=O)c1cccc([N+](=O)[O-])c1O. The van der Waals surface area contributed by atoms with E-state index in [0.29, 0.717) is 11.4 Å². The zero-order valence-corrected chi connectivity index (χ0v) is 10.8. The fraction of sp³-hybridized carbons (Fsp3) is 0.167. The number of para-hydroxylation sites is 1. The van der Waals surface area contributed by atoms with Crippen LogP contribution in [0, 0.1) is 17.0 Å². The van der Waals surface area contributed by atoms with E-state index in [-0.39, 0.29) is 5.56 Å². The molecule has 0 unspecified atom stereocenters. The Morgan fingerprint density at radius 1 is 1.50 bits per heavy atom. The Bertz CT molecular complexity index is 693. The number of aromatic hydroxyl groups is 1. The van der Waals surface area contributed by atoms with Crippen molar-refractivity contribution >= 4 is 17.3 Å².